The van der Waals surface area contributed by atoms with Crippen LogP contribution < -0.4 is 10.6 Å². The van der Waals surface area contributed by atoms with Crippen LogP contribution in [0.3, 0.4) is 0 Å². The van der Waals surface area contributed by atoms with E-state index in [1.807, 2.05) is 17.8 Å². The van der Waals surface area contributed by atoms with Gasteiger partial charge in [-0.3, -0.25) is 15.0 Å². The van der Waals surface area contributed by atoms with E-state index in [0.29, 0.717) is 35.8 Å². The summed E-state index contributed by atoms with van der Waals surface area (Å²) >= 11 is 0. The molecule has 4 aromatic rings. The van der Waals surface area contributed by atoms with Crippen molar-refractivity contribution < 1.29 is 4.79 Å². The molecule has 8 nitrogen and oxygen atoms in total. The molecule has 1 aromatic carbocycles. The molecular weight excluding hydrogens is 366 g/mol. The Morgan fingerprint density at radius 1 is 1.07 bits per heavy atom. The molecule has 2 N–H and O–H groups in total. The van der Waals surface area contributed by atoms with Gasteiger partial charge in [-0.05, 0) is 31.5 Å². The van der Waals surface area contributed by atoms with Crippen LogP contribution in [0, 0.1) is 6.92 Å². The van der Waals surface area contributed by atoms with E-state index in [1.54, 1.807) is 24.5 Å². The zero-order chi connectivity index (χ0) is 20.2. The molecule has 0 saturated heterocycles. The molecule has 0 aliphatic heterocycles. The van der Waals surface area contributed by atoms with Crippen LogP contribution in [-0.2, 0) is 6.54 Å². The van der Waals surface area contributed by atoms with Crippen molar-refractivity contribution >= 4 is 23.0 Å². The molecule has 0 bridgehead atoms. The highest BCUT2D eigenvalue weighted by atomic mass is 16.2. The van der Waals surface area contributed by atoms with Gasteiger partial charge in [0, 0.05) is 18.3 Å². The van der Waals surface area contributed by atoms with Gasteiger partial charge in [0.15, 0.2) is 5.65 Å². The van der Waals surface area contributed by atoms with Gasteiger partial charge < -0.3 is 5.32 Å². The van der Waals surface area contributed by atoms with Crippen LogP contribution in [0.4, 0.5) is 10.6 Å². The summed E-state index contributed by atoms with van der Waals surface area (Å²) in [5.74, 6) is 0.421. The first-order chi connectivity index (χ1) is 14.1. The topological polar surface area (TPSA) is 97.6 Å². The smallest absolute Gasteiger partial charge is 0.320 e. The van der Waals surface area contributed by atoms with Gasteiger partial charge in [0.25, 0.3) is 0 Å². The van der Waals surface area contributed by atoms with E-state index >= 15 is 0 Å². The summed E-state index contributed by atoms with van der Waals surface area (Å²) < 4.78 is 1.87. The fourth-order valence-corrected chi connectivity index (χ4v) is 2.89. The number of amides is 2. The van der Waals surface area contributed by atoms with E-state index in [0.717, 1.165) is 5.56 Å². The molecule has 0 atom stereocenters. The standard InChI is InChI=1S/C21H21N7O/c1-3-22-21(29)27-19-9-8-17-20(26-19)25-18(11-23-17)16-10-24-28(13-16)12-15-6-4-14(2)5-7-15/h4-11,13H,3,12H2,1-2H3,(H2,22,25,26,27,29). The molecule has 146 valence electrons. The number of nitrogens with zero attached hydrogens (tertiary/aromatic N) is 5. The van der Waals surface area contributed by atoms with E-state index in [1.165, 1.54) is 11.1 Å². The first-order valence-corrected chi connectivity index (χ1v) is 9.38. The van der Waals surface area contributed by atoms with Crippen molar-refractivity contribution in [2.75, 3.05) is 11.9 Å². The van der Waals surface area contributed by atoms with Gasteiger partial charge >= 0.3 is 6.03 Å². The molecule has 3 heterocycles. The van der Waals surface area contributed by atoms with Crippen molar-refractivity contribution in [1.82, 2.24) is 30.0 Å². The van der Waals surface area contributed by atoms with Crippen molar-refractivity contribution in [2.24, 2.45) is 0 Å². The van der Waals surface area contributed by atoms with Crippen molar-refractivity contribution in [1.29, 1.82) is 0 Å². The number of urea groups is 1. The first kappa shape index (κ1) is 18.5. The normalized spacial score (nSPS) is 10.8. The Bertz CT molecular complexity index is 1150. The molecule has 0 radical (unpaired) electrons. The van der Waals surface area contributed by atoms with Gasteiger partial charge in [0.05, 0.1) is 24.6 Å². The van der Waals surface area contributed by atoms with Gasteiger partial charge in [-0.25, -0.2) is 14.8 Å². The molecule has 29 heavy (non-hydrogen) atoms. The predicted molar refractivity (Wildman–Crippen MR) is 112 cm³/mol. The number of carbonyl (C=O) groups is 1. The Hall–Kier alpha value is -3.81. The average molecular weight is 387 g/mol. The molecule has 0 aliphatic rings. The maximum absolute atomic E-state index is 11.7. The molecule has 0 spiro atoms. The minimum Gasteiger partial charge on any atom is -0.338 e. The number of hydrogen-bond acceptors (Lipinski definition) is 5. The lowest BCUT2D eigenvalue weighted by Gasteiger charge is -2.06. The van der Waals surface area contributed by atoms with Crippen LogP contribution in [0.25, 0.3) is 22.4 Å². The molecular formula is C21H21N7O. The van der Waals surface area contributed by atoms with Crippen LogP contribution in [0.15, 0.2) is 55.0 Å². The second kappa shape index (κ2) is 8.05. The Balaban J connectivity index is 1.56. The van der Waals surface area contributed by atoms with Crippen molar-refractivity contribution in [3.63, 3.8) is 0 Å². The minimum absolute atomic E-state index is 0.305. The number of pyridine rings is 1. The molecule has 0 unspecified atom stereocenters. The number of aryl methyl sites for hydroxylation is 1. The van der Waals surface area contributed by atoms with E-state index in [4.69, 9.17) is 0 Å². The van der Waals surface area contributed by atoms with Gasteiger partial charge in [0.2, 0.25) is 0 Å². The molecule has 0 saturated carbocycles. The second-order valence-electron chi connectivity index (χ2n) is 6.69. The maximum Gasteiger partial charge on any atom is 0.320 e. The highest BCUT2D eigenvalue weighted by Gasteiger charge is 2.09. The number of carbonyl (C=O) groups excluding carboxylic acids is 1. The SMILES string of the molecule is CCNC(=O)Nc1ccc2ncc(-c3cnn(Cc4ccc(C)cc4)c3)nc2n1. The second-order valence-corrected chi connectivity index (χ2v) is 6.69. The van der Waals surface area contributed by atoms with Gasteiger partial charge in [-0.1, -0.05) is 29.8 Å². The number of aromatic nitrogens is 5. The van der Waals surface area contributed by atoms with Crippen LogP contribution in [0.5, 0.6) is 0 Å². The number of nitrogens with one attached hydrogen (secondary N) is 2. The number of fused-ring (bicyclic) bond motifs is 1. The van der Waals surface area contributed by atoms with Crippen LogP contribution >= 0.6 is 0 Å². The summed E-state index contributed by atoms with van der Waals surface area (Å²) in [4.78, 5) is 25.1. The maximum atomic E-state index is 11.7. The number of benzene rings is 1. The quantitative estimate of drug-likeness (QED) is 0.547. The third kappa shape index (κ3) is 4.37. The van der Waals surface area contributed by atoms with Crippen molar-refractivity contribution in [2.45, 2.75) is 20.4 Å². The van der Waals surface area contributed by atoms with Crippen LogP contribution in [-0.4, -0.2) is 37.3 Å². The van der Waals surface area contributed by atoms with E-state index < -0.39 is 0 Å². The lowest BCUT2D eigenvalue weighted by molar-refractivity contribution is 0.252. The number of rotatable bonds is 5. The van der Waals surface area contributed by atoms with Gasteiger partial charge in [-0.2, -0.15) is 5.10 Å². The largest absolute Gasteiger partial charge is 0.338 e. The molecule has 2 amide bonds. The molecule has 8 heteroatoms. The van der Waals surface area contributed by atoms with E-state index in [-0.39, 0.29) is 6.03 Å². The fraction of sp³-hybridized carbons (Fsp3) is 0.190. The van der Waals surface area contributed by atoms with Gasteiger partial charge in [-0.15, -0.1) is 0 Å². The molecule has 3 aromatic heterocycles. The lowest BCUT2D eigenvalue weighted by atomic mass is 10.1. The zero-order valence-corrected chi connectivity index (χ0v) is 16.3. The predicted octanol–water partition coefficient (Wildman–Crippen LogP) is 3.39. The number of anilines is 1. The fourth-order valence-electron chi connectivity index (χ4n) is 2.89. The van der Waals surface area contributed by atoms with Crippen molar-refractivity contribution in [3.05, 3.63) is 66.1 Å². The third-order valence-corrected chi connectivity index (χ3v) is 4.38. The summed E-state index contributed by atoms with van der Waals surface area (Å²) in [6, 6.07) is 11.5. The van der Waals surface area contributed by atoms with Crippen LogP contribution in [0.1, 0.15) is 18.1 Å². The summed E-state index contributed by atoms with van der Waals surface area (Å²) in [5.41, 5.74) is 5.06. The Morgan fingerprint density at radius 3 is 2.69 bits per heavy atom. The summed E-state index contributed by atoms with van der Waals surface area (Å²) in [6.45, 7) is 5.14. The lowest BCUT2D eigenvalue weighted by Crippen LogP contribution is -2.28. The Kier molecular flexibility index (Phi) is 5.15. The number of hydrogen-bond donors (Lipinski definition) is 2. The molecule has 0 aliphatic carbocycles. The van der Waals surface area contributed by atoms with E-state index in [9.17, 15) is 4.79 Å². The summed E-state index contributed by atoms with van der Waals surface area (Å²) in [7, 11) is 0. The average Bonchev–Trinajstić information content (AvgIpc) is 3.18. The Morgan fingerprint density at radius 2 is 1.90 bits per heavy atom. The Labute approximate surface area is 168 Å². The molecule has 4 rings (SSSR count). The van der Waals surface area contributed by atoms with Crippen LogP contribution in [0.2, 0.25) is 0 Å². The highest BCUT2D eigenvalue weighted by molar-refractivity contribution is 5.89. The highest BCUT2D eigenvalue weighted by Crippen LogP contribution is 2.19. The monoisotopic (exact) mass is 387 g/mol. The zero-order valence-electron chi connectivity index (χ0n) is 16.3. The first-order valence-electron chi connectivity index (χ1n) is 9.38. The minimum atomic E-state index is -0.305. The third-order valence-electron chi connectivity index (χ3n) is 4.38. The molecule has 0 fully saturated rings. The summed E-state index contributed by atoms with van der Waals surface area (Å²) in [6.07, 6.45) is 5.40. The van der Waals surface area contributed by atoms with E-state index in [2.05, 4.69) is 61.9 Å². The van der Waals surface area contributed by atoms with Crippen molar-refractivity contribution in [3.8, 4) is 11.3 Å². The summed E-state index contributed by atoms with van der Waals surface area (Å²) in [5, 5.41) is 9.78. The van der Waals surface area contributed by atoms with Gasteiger partial charge in [0.1, 0.15) is 11.3 Å².